The molecule has 0 saturated heterocycles. The molecule has 0 heterocycles. The number of rotatable bonds is 16. The van der Waals surface area contributed by atoms with E-state index < -0.39 is 6.10 Å². The highest BCUT2D eigenvalue weighted by atomic mass is 16.6. The molecule has 0 unspecified atom stereocenters. The van der Waals surface area contributed by atoms with Crippen LogP contribution in [-0.2, 0) is 19.1 Å². The summed E-state index contributed by atoms with van der Waals surface area (Å²) in [6, 6.07) is 0. The van der Waals surface area contributed by atoms with E-state index >= 15 is 0 Å². The van der Waals surface area contributed by atoms with Gasteiger partial charge in [0.15, 0.2) is 13.2 Å². The van der Waals surface area contributed by atoms with Gasteiger partial charge in [-0.3, -0.25) is 9.59 Å². The normalized spacial score (nSPS) is 10.8. The first kappa shape index (κ1) is 22.9. The highest BCUT2D eigenvalue weighted by molar-refractivity contribution is 5.69. The summed E-state index contributed by atoms with van der Waals surface area (Å²) in [6.45, 7) is 4.30. The fourth-order valence-corrected chi connectivity index (χ4v) is 2.33. The Hall–Kier alpha value is -1.10. The topological polar surface area (TPSA) is 75.5 Å². The van der Waals surface area contributed by atoms with Crippen molar-refractivity contribution in [2.24, 2.45) is 0 Å². The lowest BCUT2D eigenvalue weighted by molar-refractivity contribution is -0.152. The summed E-state index contributed by atoms with van der Waals surface area (Å²) in [5.41, 5.74) is 0. The minimum absolute atomic E-state index is 0.00241. The average molecular weight is 346 g/mol. The molecule has 0 bridgehead atoms. The number of carbonyl (C=O) groups excluding carboxylic acids is 2. The van der Waals surface area contributed by atoms with Crippen molar-refractivity contribution in [3.63, 3.8) is 0 Å². The van der Waals surface area contributed by atoms with E-state index in [1.165, 1.54) is 25.7 Å². The molecule has 0 aliphatic rings. The Bertz CT molecular complexity index is 287. The second-order valence-electron chi connectivity index (χ2n) is 6.39. The number of unbranched alkanes of at least 4 members (excludes halogenated alkanes) is 8. The second kappa shape index (κ2) is 16.7. The smallest absolute Gasteiger partial charge is 0.306 e. The maximum Gasteiger partial charge on any atom is 0.306 e. The monoisotopic (exact) mass is 345 g/mol. The predicted molar refractivity (Wildman–Crippen MR) is 96.1 cm³/mol. The lowest BCUT2D eigenvalue weighted by Crippen LogP contribution is -2.25. The molecule has 5 nitrogen and oxygen atoms in total. The van der Waals surface area contributed by atoms with Crippen LogP contribution >= 0.6 is 0 Å². The van der Waals surface area contributed by atoms with Crippen molar-refractivity contribution in [3.05, 3.63) is 0 Å². The van der Waals surface area contributed by atoms with Crippen LogP contribution in [0.1, 0.15) is 90.9 Å². The first-order chi connectivity index (χ1) is 11.6. The van der Waals surface area contributed by atoms with Gasteiger partial charge < -0.3 is 14.6 Å². The molecule has 0 aliphatic carbocycles. The Morgan fingerprint density at radius 2 is 1.08 bits per heavy atom. The molecule has 0 atom stereocenters. The fraction of sp³-hybridized carbons (Fsp3) is 0.895. The molecule has 0 fully saturated rings. The van der Waals surface area contributed by atoms with Gasteiger partial charge in [0.05, 0.1) is 0 Å². The van der Waals surface area contributed by atoms with E-state index in [0.717, 1.165) is 38.5 Å². The number of carbonyl (C=O) groups is 2. The molecule has 5 heteroatoms. The standard InChI is InChI=1S/C19H36O5/c1-3-5-7-9-11-13-18(21)23-15-17(20)16-24-19(22)14-12-10-8-6-4-2/h17,20H,3-16H2,1-2H3/p+1. The van der Waals surface area contributed by atoms with Gasteiger partial charge in [-0.25, -0.2) is 0 Å². The Morgan fingerprint density at radius 3 is 1.46 bits per heavy atom. The maximum absolute atomic E-state index is 11.5. The van der Waals surface area contributed by atoms with Crippen LogP contribution in [0.3, 0.4) is 0 Å². The summed E-state index contributed by atoms with van der Waals surface area (Å²) in [5.74, 6) is -0.517. The molecule has 0 rings (SSSR count). The van der Waals surface area contributed by atoms with E-state index in [2.05, 4.69) is 13.8 Å². The van der Waals surface area contributed by atoms with Crippen LogP contribution in [-0.4, -0.2) is 36.4 Å². The van der Waals surface area contributed by atoms with Crippen molar-refractivity contribution >= 4 is 11.9 Å². The number of ether oxygens (including phenoxy) is 2. The third-order valence-corrected chi connectivity index (χ3v) is 3.86. The fourth-order valence-electron chi connectivity index (χ4n) is 2.33. The molecular weight excluding hydrogens is 308 g/mol. The van der Waals surface area contributed by atoms with Crippen molar-refractivity contribution in [3.8, 4) is 0 Å². The quantitative estimate of drug-likeness (QED) is 0.242. The SMILES string of the molecule is CCCCCCCC(=O)OCC([OH2+])COC(=O)CCCCCCC. The number of esters is 2. The van der Waals surface area contributed by atoms with Crippen LogP contribution in [0.4, 0.5) is 0 Å². The largest absolute Gasteiger partial charge is 0.457 e. The van der Waals surface area contributed by atoms with Crippen molar-refractivity contribution in [2.45, 2.75) is 97.0 Å². The summed E-state index contributed by atoms with van der Waals surface area (Å²) in [7, 11) is 0. The van der Waals surface area contributed by atoms with Crippen LogP contribution in [0.25, 0.3) is 0 Å². The Balaban J connectivity index is 3.51. The van der Waals surface area contributed by atoms with E-state index in [4.69, 9.17) is 14.6 Å². The first-order valence-corrected chi connectivity index (χ1v) is 9.62. The van der Waals surface area contributed by atoms with Gasteiger partial charge in [0.1, 0.15) is 0 Å². The Kier molecular flexibility index (Phi) is 16.0. The van der Waals surface area contributed by atoms with Gasteiger partial charge >= 0.3 is 11.9 Å². The molecule has 0 aromatic heterocycles. The first-order valence-electron chi connectivity index (χ1n) is 9.62. The van der Waals surface area contributed by atoms with Crippen LogP contribution in [0.2, 0.25) is 0 Å². The number of hydrogen-bond acceptors (Lipinski definition) is 4. The predicted octanol–water partition coefficient (Wildman–Crippen LogP) is 3.89. The molecular formula is C19H37O5+. The highest BCUT2D eigenvalue weighted by Gasteiger charge is 2.15. The maximum atomic E-state index is 11.5. The van der Waals surface area contributed by atoms with Crippen LogP contribution in [0.15, 0.2) is 0 Å². The lowest BCUT2D eigenvalue weighted by Gasteiger charge is -2.09. The summed E-state index contributed by atoms with van der Waals surface area (Å²) in [5, 5.41) is 7.74. The van der Waals surface area contributed by atoms with E-state index in [0.29, 0.717) is 12.8 Å². The summed E-state index contributed by atoms with van der Waals surface area (Å²) in [6.07, 6.45) is 11.0. The molecule has 0 saturated carbocycles. The molecule has 0 radical (unpaired) electrons. The molecule has 142 valence electrons. The van der Waals surface area contributed by atoms with Crippen molar-refractivity contribution in [2.75, 3.05) is 13.2 Å². The van der Waals surface area contributed by atoms with Gasteiger partial charge in [0, 0.05) is 12.8 Å². The van der Waals surface area contributed by atoms with Crippen molar-refractivity contribution < 1.29 is 24.2 Å². The van der Waals surface area contributed by atoms with Crippen molar-refractivity contribution in [1.29, 1.82) is 0 Å². The zero-order chi connectivity index (χ0) is 18.0. The summed E-state index contributed by atoms with van der Waals surface area (Å²) < 4.78 is 10.1. The van der Waals surface area contributed by atoms with Crippen LogP contribution in [0.5, 0.6) is 0 Å². The van der Waals surface area contributed by atoms with E-state index in [1.54, 1.807) is 0 Å². The van der Waals surface area contributed by atoms with Gasteiger partial charge in [0.2, 0.25) is 6.10 Å². The average Bonchev–Trinajstić information content (AvgIpc) is 2.57. The van der Waals surface area contributed by atoms with Gasteiger partial charge in [-0.1, -0.05) is 65.2 Å². The van der Waals surface area contributed by atoms with Crippen molar-refractivity contribution in [1.82, 2.24) is 0 Å². The van der Waals surface area contributed by atoms with Gasteiger partial charge in [-0.05, 0) is 12.8 Å². The molecule has 24 heavy (non-hydrogen) atoms. The number of hydrogen-bond donors (Lipinski definition) is 0. The second-order valence-corrected chi connectivity index (χ2v) is 6.39. The minimum Gasteiger partial charge on any atom is -0.457 e. The van der Waals surface area contributed by atoms with Gasteiger partial charge in [0.25, 0.3) is 0 Å². The summed E-state index contributed by atoms with van der Waals surface area (Å²) >= 11 is 0. The van der Waals surface area contributed by atoms with Crippen LogP contribution < -0.4 is 0 Å². The van der Waals surface area contributed by atoms with Gasteiger partial charge in [-0.2, -0.15) is 0 Å². The van der Waals surface area contributed by atoms with Crippen LogP contribution in [0, 0.1) is 0 Å². The Labute approximate surface area is 147 Å². The molecule has 0 aromatic carbocycles. The van der Waals surface area contributed by atoms with E-state index in [-0.39, 0.29) is 25.2 Å². The highest BCUT2D eigenvalue weighted by Crippen LogP contribution is 2.07. The molecule has 0 aliphatic heterocycles. The third kappa shape index (κ3) is 15.8. The lowest BCUT2D eigenvalue weighted by atomic mass is 10.1. The molecule has 0 aromatic rings. The molecule has 0 spiro atoms. The Morgan fingerprint density at radius 1 is 0.708 bits per heavy atom. The van der Waals surface area contributed by atoms with Gasteiger partial charge in [-0.15, -0.1) is 0 Å². The van der Waals surface area contributed by atoms with E-state index in [1.807, 2.05) is 0 Å². The molecule has 0 amide bonds. The minimum atomic E-state index is -0.696. The zero-order valence-corrected chi connectivity index (χ0v) is 15.6. The van der Waals surface area contributed by atoms with E-state index in [9.17, 15) is 9.59 Å². The molecule has 2 N–H and O–H groups in total. The zero-order valence-electron chi connectivity index (χ0n) is 15.6. The third-order valence-electron chi connectivity index (χ3n) is 3.86. The summed E-state index contributed by atoms with van der Waals surface area (Å²) in [4.78, 5) is 23.1.